The van der Waals surface area contributed by atoms with Crippen LogP contribution in [0.3, 0.4) is 0 Å². The lowest BCUT2D eigenvalue weighted by molar-refractivity contribution is 0.0713. The lowest BCUT2D eigenvalue weighted by atomic mass is 10.0. The third-order valence-corrected chi connectivity index (χ3v) is 6.76. The Morgan fingerprint density at radius 3 is 2.60 bits per heavy atom. The summed E-state index contributed by atoms with van der Waals surface area (Å²) in [6.45, 7) is 3.67. The van der Waals surface area contributed by atoms with Gasteiger partial charge in [0.2, 0.25) is 0 Å². The van der Waals surface area contributed by atoms with Crippen LogP contribution in [-0.4, -0.2) is 67.6 Å². The van der Waals surface area contributed by atoms with E-state index in [1.54, 1.807) is 6.07 Å². The molecule has 0 bridgehead atoms. The maximum atomic E-state index is 13.2. The number of carbonyl (C=O) groups is 2. The molecule has 3 aliphatic heterocycles. The summed E-state index contributed by atoms with van der Waals surface area (Å²) in [5.74, 6) is 0.109. The van der Waals surface area contributed by atoms with E-state index in [4.69, 9.17) is 11.6 Å². The van der Waals surface area contributed by atoms with Gasteiger partial charge in [-0.3, -0.25) is 9.59 Å². The summed E-state index contributed by atoms with van der Waals surface area (Å²) in [7, 11) is 2.02. The molecule has 0 radical (unpaired) electrons. The van der Waals surface area contributed by atoms with Crippen LogP contribution < -0.4 is 9.80 Å². The Morgan fingerprint density at radius 1 is 1.03 bits per heavy atom. The fraction of sp³-hybridized carbons (Fsp3) is 0.391. The molecule has 0 N–H and O–H groups in total. The van der Waals surface area contributed by atoms with Crippen LogP contribution in [-0.2, 0) is 0 Å². The van der Waals surface area contributed by atoms with Gasteiger partial charge in [-0.15, -0.1) is 0 Å². The Bertz CT molecular complexity index is 1000. The molecule has 3 heterocycles. The van der Waals surface area contributed by atoms with Gasteiger partial charge in [-0.25, -0.2) is 0 Å². The first-order valence-corrected chi connectivity index (χ1v) is 10.9. The molecule has 0 saturated carbocycles. The zero-order chi connectivity index (χ0) is 20.8. The highest BCUT2D eigenvalue weighted by atomic mass is 35.5. The normalized spacial score (nSPS) is 21.0. The van der Waals surface area contributed by atoms with Crippen LogP contribution in [0.25, 0.3) is 0 Å². The molecule has 0 spiro atoms. The average molecular weight is 425 g/mol. The van der Waals surface area contributed by atoms with E-state index in [1.165, 1.54) is 0 Å². The van der Waals surface area contributed by atoms with E-state index in [9.17, 15) is 9.59 Å². The number of hydrogen-bond donors (Lipinski definition) is 0. The van der Waals surface area contributed by atoms with Crippen molar-refractivity contribution in [3.8, 4) is 0 Å². The van der Waals surface area contributed by atoms with Gasteiger partial charge in [-0.05, 0) is 49.2 Å². The molecule has 156 valence electrons. The highest BCUT2D eigenvalue weighted by Gasteiger charge is 2.39. The summed E-state index contributed by atoms with van der Waals surface area (Å²) in [4.78, 5) is 34.2. The van der Waals surface area contributed by atoms with Crippen LogP contribution in [0.15, 0.2) is 42.5 Å². The lowest BCUT2D eigenvalue weighted by Gasteiger charge is -2.40. The molecule has 30 heavy (non-hydrogen) atoms. The zero-order valence-electron chi connectivity index (χ0n) is 17.1. The molecule has 3 aliphatic rings. The number of benzene rings is 2. The van der Waals surface area contributed by atoms with Gasteiger partial charge in [0.05, 0.1) is 11.3 Å². The highest BCUT2D eigenvalue weighted by molar-refractivity contribution is 6.30. The predicted molar refractivity (Wildman–Crippen MR) is 118 cm³/mol. The third kappa shape index (κ3) is 3.19. The van der Waals surface area contributed by atoms with E-state index >= 15 is 0 Å². The zero-order valence-corrected chi connectivity index (χ0v) is 17.8. The summed E-state index contributed by atoms with van der Waals surface area (Å²) in [5.41, 5.74) is 3.30. The van der Waals surface area contributed by atoms with Crippen molar-refractivity contribution in [2.45, 2.75) is 19.0 Å². The van der Waals surface area contributed by atoms with Gasteiger partial charge < -0.3 is 19.6 Å². The van der Waals surface area contributed by atoms with Crippen LogP contribution in [0.4, 0.5) is 11.4 Å². The van der Waals surface area contributed by atoms with Gasteiger partial charge in [0.25, 0.3) is 11.8 Å². The van der Waals surface area contributed by atoms with E-state index < -0.39 is 0 Å². The number of amides is 2. The minimum absolute atomic E-state index is 0.0262. The Morgan fingerprint density at radius 2 is 1.83 bits per heavy atom. The van der Waals surface area contributed by atoms with Crippen LogP contribution in [0.1, 0.15) is 33.6 Å². The third-order valence-electron chi connectivity index (χ3n) is 6.52. The molecule has 1 atom stereocenters. The van der Waals surface area contributed by atoms with Crippen LogP contribution >= 0.6 is 11.6 Å². The van der Waals surface area contributed by atoms with E-state index in [0.717, 1.165) is 48.9 Å². The second kappa shape index (κ2) is 7.51. The second-order valence-corrected chi connectivity index (χ2v) is 8.66. The number of rotatable bonds is 2. The van der Waals surface area contributed by atoms with Crippen molar-refractivity contribution in [3.63, 3.8) is 0 Å². The molecule has 2 saturated heterocycles. The number of halogens is 1. The fourth-order valence-electron chi connectivity index (χ4n) is 4.86. The molecular formula is C23H25ClN4O2. The summed E-state index contributed by atoms with van der Waals surface area (Å²) >= 11 is 6.11. The summed E-state index contributed by atoms with van der Waals surface area (Å²) in [6, 6.07) is 13.3. The van der Waals surface area contributed by atoms with Crippen molar-refractivity contribution in [3.05, 3.63) is 58.6 Å². The van der Waals surface area contributed by atoms with Gasteiger partial charge in [-0.1, -0.05) is 17.7 Å². The maximum Gasteiger partial charge on any atom is 0.257 e. The van der Waals surface area contributed by atoms with Crippen molar-refractivity contribution >= 4 is 34.8 Å². The van der Waals surface area contributed by atoms with Gasteiger partial charge in [-0.2, -0.15) is 0 Å². The molecule has 5 rings (SSSR count). The average Bonchev–Trinajstić information content (AvgIpc) is 3.27. The summed E-state index contributed by atoms with van der Waals surface area (Å²) in [6.07, 6.45) is 2.11. The van der Waals surface area contributed by atoms with Gasteiger partial charge in [0.15, 0.2) is 0 Å². The fourth-order valence-corrected chi connectivity index (χ4v) is 5.05. The first-order chi connectivity index (χ1) is 14.5. The molecule has 6 nitrogen and oxygen atoms in total. The molecule has 0 aromatic heterocycles. The van der Waals surface area contributed by atoms with Crippen molar-refractivity contribution < 1.29 is 9.59 Å². The number of piperazine rings is 1. The van der Waals surface area contributed by atoms with E-state index in [2.05, 4.69) is 9.80 Å². The molecule has 2 aromatic carbocycles. The first kappa shape index (κ1) is 19.2. The summed E-state index contributed by atoms with van der Waals surface area (Å²) in [5, 5.41) is 0.722. The van der Waals surface area contributed by atoms with Crippen molar-refractivity contribution in [2.24, 2.45) is 0 Å². The van der Waals surface area contributed by atoms with Gasteiger partial charge in [0.1, 0.15) is 6.17 Å². The SMILES string of the molecule is CN1c2cc(C(=O)N3CCN(c4cccc(Cl)c4)CC3)ccc2C(=O)N2CCC[C@@H]21. The van der Waals surface area contributed by atoms with Crippen molar-refractivity contribution in [2.75, 3.05) is 49.6 Å². The van der Waals surface area contributed by atoms with Gasteiger partial charge in [0, 0.05) is 56.0 Å². The lowest BCUT2D eigenvalue weighted by Crippen LogP contribution is -2.50. The predicted octanol–water partition coefficient (Wildman–Crippen LogP) is 3.31. The van der Waals surface area contributed by atoms with Crippen molar-refractivity contribution in [1.29, 1.82) is 0 Å². The number of carbonyl (C=O) groups excluding carboxylic acids is 2. The summed E-state index contributed by atoms with van der Waals surface area (Å²) < 4.78 is 0. The second-order valence-electron chi connectivity index (χ2n) is 8.22. The first-order valence-electron chi connectivity index (χ1n) is 10.5. The molecule has 2 amide bonds. The van der Waals surface area contributed by atoms with Crippen LogP contribution in [0, 0.1) is 0 Å². The smallest absolute Gasteiger partial charge is 0.257 e. The standard InChI is InChI=1S/C23H25ClN4O2/c1-25-20-14-16(7-8-19(20)23(30)28-9-3-6-21(25)28)22(29)27-12-10-26(11-13-27)18-5-2-4-17(24)15-18/h2,4-5,7-8,14-15,21H,3,6,9-13H2,1H3/t21-/m1/s1. The van der Waals surface area contributed by atoms with Gasteiger partial charge >= 0.3 is 0 Å². The van der Waals surface area contributed by atoms with E-state index in [1.807, 2.05) is 53.2 Å². The topological polar surface area (TPSA) is 47.1 Å². The Balaban J connectivity index is 1.32. The largest absolute Gasteiger partial charge is 0.368 e. The molecule has 0 aliphatic carbocycles. The Kier molecular flexibility index (Phi) is 4.82. The minimum atomic E-state index is 0.0262. The monoisotopic (exact) mass is 424 g/mol. The Hall–Kier alpha value is -2.73. The molecule has 2 fully saturated rings. The van der Waals surface area contributed by atoms with E-state index in [-0.39, 0.29) is 18.0 Å². The number of nitrogens with zero attached hydrogens (tertiary/aromatic N) is 4. The maximum absolute atomic E-state index is 13.2. The van der Waals surface area contributed by atoms with Crippen LogP contribution in [0.5, 0.6) is 0 Å². The highest BCUT2D eigenvalue weighted by Crippen LogP contribution is 2.35. The quantitative estimate of drug-likeness (QED) is 0.742. The van der Waals surface area contributed by atoms with E-state index in [0.29, 0.717) is 24.2 Å². The molecule has 2 aromatic rings. The van der Waals surface area contributed by atoms with Crippen LogP contribution in [0.2, 0.25) is 5.02 Å². The minimum Gasteiger partial charge on any atom is -0.368 e. The molecule has 0 unspecified atom stereocenters. The Labute approximate surface area is 181 Å². The number of anilines is 2. The molecular weight excluding hydrogens is 400 g/mol. The number of hydrogen-bond acceptors (Lipinski definition) is 4. The molecule has 7 heteroatoms. The van der Waals surface area contributed by atoms with Crippen molar-refractivity contribution in [1.82, 2.24) is 9.80 Å². The number of fused-ring (bicyclic) bond motifs is 2.